The number of hydrazine groups is 1. The van der Waals surface area contributed by atoms with E-state index in [4.69, 9.17) is 0 Å². The average Bonchev–Trinajstić information content (AvgIpc) is 3.28. The van der Waals surface area contributed by atoms with Crippen LogP contribution in [0.1, 0.15) is 23.6 Å². The third kappa shape index (κ3) is 4.43. The summed E-state index contributed by atoms with van der Waals surface area (Å²) in [5.41, 5.74) is -2.99. The van der Waals surface area contributed by atoms with Gasteiger partial charge in [-0.15, -0.1) is 0 Å². The quantitative estimate of drug-likeness (QED) is 0.253. The molecule has 0 saturated heterocycles. The normalized spacial score (nSPS) is 14.7. The molecule has 0 aliphatic carbocycles. The number of alkyl halides is 7. The predicted octanol–water partition coefficient (Wildman–Crippen LogP) is 7.12. The molecule has 1 aliphatic rings. The molecule has 1 aliphatic heterocycles. The summed E-state index contributed by atoms with van der Waals surface area (Å²) in [5, 5.41) is 1.83. The van der Waals surface area contributed by atoms with Crippen LogP contribution in [0.25, 0.3) is 10.9 Å². The van der Waals surface area contributed by atoms with Gasteiger partial charge < -0.3 is 4.57 Å². The molecule has 5 rings (SSSR count). The maximum Gasteiger partial charge on any atom is 0.435 e. The Morgan fingerprint density at radius 3 is 2.30 bits per heavy atom. The van der Waals surface area contributed by atoms with E-state index in [0.717, 1.165) is 22.0 Å². The van der Waals surface area contributed by atoms with Crippen LogP contribution in [0.2, 0.25) is 0 Å². The summed E-state index contributed by atoms with van der Waals surface area (Å²) in [6.45, 7) is 1.89. The van der Waals surface area contributed by atoms with Crippen molar-refractivity contribution in [3.8, 4) is 0 Å². The lowest BCUT2D eigenvalue weighted by Gasteiger charge is -2.38. The van der Waals surface area contributed by atoms with E-state index in [1.165, 1.54) is 11.1 Å². The number of halogens is 7. The standard InChI is InChI=1S/C27H22F7N5O/c1-2-37-21-8-4-3-7-18(21)13-23(37)39-22-10-9-20(25(28,26(29,30)31)27(32,33)34)12-19(22)16-38(24(39)40)36-15-17-6-5-11-35-14-17/h3-14,36H,2,15-16H2,1H3. The van der Waals surface area contributed by atoms with Gasteiger partial charge in [0.2, 0.25) is 0 Å². The number of carbonyl (C=O) groups excluding carboxylic acids is 1. The number of urea groups is 1. The molecule has 0 atom stereocenters. The lowest BCUT2D eigenvalue weighted by Crippen LogP contribution is -2.52. The molecule has 2 amide bonds. The molecule has 4 aromatic rings. The van der Waals surface area contributed by atoms with Crippen molar-refractivity contribution in [2.24, 2.45) is 0 Å². The Labute approximate surface area is 223 Å². The van der Waals surface area contributed by atoms with Crippen LogP contribution in [0.3, 0.4) is 0 Å². The second-order valence-corrected chi connectivity index (χ2v) is 9.20. The Hall–Kier alpha value is -4.13. The summed E-state index contributed by atoms with van der Waals surface area (Å²) >= 11 is 0. The largest absolute Gasteiger partial charge is 0.435 e. The van der Waals surface area contributed by atoms with Crippen LogP contribution in [-0.4, -0.2) is 32.9 Å². The smallest absolute Gasteiger partial charge is 0.327 e. The van der Waals surface area contributed by atoms with Crippen molar-refractivity contribution in [2.75, 3.05) is 4.90 Å². The summed E-state index contributed by atoms with van der Waals surface area (Å²) in [7, 11) is 0. The van der Waals surface area contributed by atoms with Gasteiger partial charge in [-0.2, -0.15) is 26.3 Å². The molecule has 6 nitrogen and oxygen atoms in total. The summed E-state index contributed by atoms with van der Waals surface area (Å²) in [4.78, 5) is 19.0. The molecule has 0 saturated carbocycles. The Morgan fingerprint density at radius 1 is 0.925 bits per heavy atom. The van der Waals surface area contributed by atoms with Crippen LogP contribution in [0, 0.1) is 0 Å². The highest BCUT2D eigenvalue weighted by Gasteiger charge is 2.73. The minimum atomic E-state index is -6.27. The third-order valence-corrected chi connectivity index (χ3v) is 6.78. The number of para-hydroxylation sites is 1. The molecule has 2 aromatic heterocycles. The van der Waals surface area contributed by atoms with Crippen LogP contribution < -0.4 is 10.3 Å². The minimum absolute atomic E-state index is 0.0392. The summed E-state index contributed by atoms with van der Waals surface area (Å²) in [6, 6.07) is 13.6. The van der Waals surface area contributed by atoms with Gasteiger partial charge in [0.05, 0.1) is 12.2 Å². The molecule has 13 heteroatoms. The zero-order chi connectivity index (χ0) is 28.9. The van der Waals surface area contributed by atoms with Crippen LogP contribution in [0.4, 0.5) is 47.0 Å². The van der Waals surface area contributed by atoms with Crippen LogP contribution in [0.5, 0.6) is 0 Å². The first-order valence-corrected chi connectivity index (χ1v) is 12.1. The zero-order valence-corrected chi connectivity index (χ0v) is 20.9. The van der Waals surface area contributed by atoms with Gasteiger partial charge in [0.1, 0.15) is 5.82 Å². The van der Waals surface area contributed by atoms with E-state index in [1.807, 2.05) is 19.1 Å². The van der Waals surface area contributed by atoms with Crippen molar-refractivity contribution < 1.29 is 35.5 Å². The van der Waals surface area contributed by atoms with Crippen molar-refractivity contribution in [3.63, 3.8) is 0 Å². The number of benzene rings is 2. The number of anilines is 2. The highest BCUT2D eigenvalue weighted by atomic mass is 19.4. The number of hydrogen-bond donors (Lipinski definition) is 1. The molecular formula is C27H22F7N5O. The lowest BCUT2D eigenvalue weighted by atomic mass is 9.91. The van der Waals surface area contributed by atoms with Crippen molar-refractivity contribution in [1.82, 2.24) is 20.0 Å². The lowest BCUT2D eigenvalue weighted by molar-refractivity contribution is -0.348. The number of nitrogens with zero attached hydrogens (tertiary/aromatic N) is 4. The molecule has 2 aromatic carbocycles. The fraction of sp³-hybridized carbons (Fsp3) is 0.259. The molecular weight excluding hydrogens is 543 g/mol. The van der Waals surface area contributed by atoms with Gasteiger partial charge in [-0.25, -0.2) is 19.5 Å². The summed E-state index contributed by atoms with van der Waals surface area (Å²) < 4.78 is 97.9. The van der Waals surface area contributed by atoms with Gasteiger partial charge >= 0.3 is 24.1 Å². The van der Waals surface area contributed by atoms with E-state index in [1.54, 1.807) is 41.1 Å². The number of rotatable bonds is 6. The number of carbonyl (C=O) groups is 1. The van der Waals surface area contributed by atoms with Crippen LogP contribution in [0.15, 0.2) is 73.1 Å². The molecule has 40 heavy (non-hydrogen) atoms. The second kappa shape index (κ2) is 9.81. The van der Waals surface area contributed by atoms with Gasteiger partial charge in [-0.3, -0.25) is 9.99 Å². The first-order chi connectivity index (χ1) is 18.9. The molecule has 0 fully saturated rings. The first kappa shape index (κ1) is 27.4. The number of fused-ring (bicyclic) bond motifs is 2. The number of aromatic nitrogens is 2. The number of aryl methyl sites for hydroxylation is 1. The number of hydrogen-bond acceptors (Lipinski definition) is 3. The predicted molar refractivity (Wildman–Crippen MR) is 133 cm³/mol. The number of nitrogens with one attached hydrogen (secondary N) is 1. The fourth-order valence-electron chi connectivity index (χ4n) is 4.84. The monoisotopic (exact) mass is 565 g/mol. The topological polar surface area (TPSA) is 53.4 Å². The van der Waals surface area contributed by atoms with Gasteiger partial charge in [0.15, 0.2) is 0 Å². The van der Waals surface area contributed by atoms with Crippen molar-refractivity contribution >= 4 is 28.4 Å². The average molecular weight is 565 g/mol. The Kier molecular flexibility index (Phi) is 6.73. The maximum atomic E-state index is 15.0. The Morgan fingerprint density at radius 2 is 1.65 bits per heavy atom. The van der Waals surface area contributed by atoms with Crippen molar-refractivity contribution in [2.45, 2.75) is 44.6 Å². The third-order valence-electron chi connectivity index (χ3n) is 6.78. The first-order valence-electron chi connectivity index (χ1n) is 12.1. The fourth-order valence-corrected chi connectivity index (χ4v) is 4.84. The van der Waals surface area contributed by atoms with Gasteiger partial charge in [0, 0.05) is 41.9 Å². The minimum Gasteiger partial charge on any atom is -0.327 e. The van der Waals surface area contributed by atoms with E-state index in [-0.39, 0.29) is 17.8 Å². The van der Waals surface area contributed by atoms with E-state index >= 15 is 0 Å². The van der Waals surface area contributed by atoms with Crippen LogP contribution >= 0.6 is 0 Å². The van der Waals surface area contributed by atoms with Crippen LogP contribution in [-0.2, 0) is 25.3 Å². The highest BCUT2D eigenvalue weighted by Crippen LogP contribution is 2.54. The van der Waals surface area contributed by atoms with Gasteiger partial charge in [-0.1, -0.05) is 30.3 Å². The second-order valence-electron chi connectivity index (χ2n) is 9.20. The zero-order valence-electron chi connectivity index (χ0n) is 20.9. The Balaban J connectivity index is 1.66. The maximum absolute atomic E-state index is 15.0. The van der Waals surface area contributed by atoms with Crippen molar-refractivity contribution in [1.29, 1.82) is 0 Å². The van der Waals surface area contributed by atoms with Gasteiger partial charge in [0.25, 0.3) is 0 Å². The SMILES string of the molecule is CCn1c(N2C(=O)N(NCc3cccnc3)Cc3cc(C(F)(C(F)(F)F)C(F)(F)F)ccc32)cc2ccccc21. The van der Waals surface area contributed by atoms with Gasteiger partial charge in [-0.05, 0) is 48.4 Å². The molecule has 0 radical (unpaired) electrons. The number of amides is 2. The summed E-state index contributed by atoms with van der Waals surface area (Å²) in [5.74, 6) is 0.341. The van der Waals surface area contributed by atoms with E-state index in [9.17, 15) is 35.5 Å². The molecule has 0 bridgehead atoms. The molecule has 3 heterocycles. The van der Waals surface area contributed by atoms with E-state index in [0.29, 0.717) is 30.1 Å². The molecule has 0 spiro atoms. The van der Waals surface area contributed by atoms with E-state index in [2.05, 4.69) is 10.4 Å². The molecule has 1 N–H and O–H groups in total. The van der Waals surface area contributed by atoms with E-state index < -0.39 is 36.2 Å². The molecule has 210 valence electrons. The van der Waals surface area contributed by atoms with Crippen molar-refractivity contribution in [3.05, 3.63) is 89.7 Å². The summed E-state index contributed by atoms with van der Waals surface area (Å²) in [6.07, 6.45) is -9.46. The molecule has 0 unspecified atom stereocenters. The highest BCUT2D eigenvalue weighted by molar-refractivity contribution is 6.03. The Bertz CT molecular complexity index is 1530. The number of pyridine rings is 1.